The van der Waals surface area contributed by atoms with E-state index >= 15 is 0 Å². The minimum atomic E-state index is -4.97. The van der Waals surface area contributed by atoms with E-state index < -0.39 is 97.5 Å². The largest absolute Gasteiger partial charge is 0.472 e. The number of aliphatic hydroxyl groups excluding tert-OH is 1. The van der Waals surface area contributed by atoms with Crippen molar-refractivity contribution in [2.45, 2.75) is 516 Å². The molecule has 0 heterocycles. The van der Waals surface area contributed by atoms with E-state index in [0.717, 1.165) is 102 Å². The summed E-state index contributed by atoms with van der Waals surface area (Å²) in [6, 6.07) is 0. The Bertz CT molecular complexity index is 2120. The van der Waals surface area contributed by atoms with Crippen molar-refractivity contribution in [1.29, 1.82) is 0 Å². The van der Waals surface area contributed by atoms with E-state index in [-0.39, 0.29) is 25.7 Å². The van der Waals surface area contributed by atoms with Gasteiger partial charge in [0.25, 0.3) is 0 Å². The van der Waals surface area contributed by atoms with Gasteiger partial charge < -0.3 is 33.8 Å². The molecule has 0 aromatic rings. The lowest BCUT2D eigenvalue weighted by Gasteiger charge is -2.21. The summed E-state index contributed by atoms with van der Waals surface area (Å²) in [6.45, 7) is 9.74. The number of phosphoric acid groups is 2. The van der Waals surface area contributed by atoms with Crippen molar-refractivity contribution < 1.29 is 80.2 Å². The first-order chi connectivity index (χ1) is 53.9. The third-order valence-electron chi connectivity index (χ3n) is 22.1. The fraction of sp³-hybridized carbons (Fsp3) is 0.957. The van der Waals surface area contributed by atoms with Crippen molar-refractivity contribution in [3.8, 4) is 0 Å². The molecule has 3 unspecified atom stereocenters. The lowest BCUT2D eigenvalue weighted by molar-refractivity contribution is -0.161. The van der Waals surface area contributed by atoms with Gasteiger partial charge in [0, 0.05) is 25.7 Å². The SMILES string of the molecule is CCCCCCCCCCCCCCCCCCCCCC(=O)OC[C@H](COP(=O)(O)OC[C@@H](O)COP(=O)(O)OC[C@@H](COC(=O)CCCCCCCCCCC(C)C)OC(=O)CCCCCCCCCCCCCCCCCCCCC)OC(=O)CCCCCCCCCCCCCCCCCCCCC(C)CC. The van der Waals surface area contributed by atoms with Crippen LogP contribution in [-0.4, -0.2) is 96.7 Å². The molecule has 0 saturated carbocycles. The smallest absolute Gasteiger partial charge is 0.462 e. The molecule has 17 nitrogen and oxygen atoms in total. The van der Waals surface area contributed by atoms with Gasteiger partial charge in [-0.1, -0.05) is 446 Å². The molecule has 6 atom stereocenters. The highest BCUT2D eigenvalue weighted by Gasteiger charge is 2.31. The number of phosphoric ester groups is 2. The van der Waals surface area contributed by atoms with Gasteiger partial charge in [-0.25, -0.2) is 9.13 Å². The highest BCUT2D eigenvalue weighted by atomic mass is 31.2. The molecule has 0 rings (SSSR count). The van der Waals surface area contributed by atoms with E-state index in [0.29, 0.717) is 25.7 Å². The molecule has 0 aliphatic heterocycles. The highest BCUT2D eigenvalue weighted by molar-refractivity contribution is 7.47. The molecule has 0 aromatic heterocycles. The Morgan fingerprint density at radius 2 is 0.459 bits per heavy atom. The van der Waals surface area contributed by atoms with E-state index in [2.05, 4.69) is 41.5 Å². The second kappa shape index (κ2) is 83.1. The molecule has 0 amide bonds. The zero-order valence-corrected chi connectivity index (χ0v) is 75.1. The van der Waals surface area contributed by atoms with Crippen molar-refractivity contribution >= 4 is 39.5 Å². The van der Waals surface area contributed by atoms with Crippen molar-refractivity contribution in [1.82, 2.24) is 0 Å². The summed E-state index contributed by atoms with van der Waals surface area (Å²) in [5.74, 6) is -0.498. The second-order valence-electron chi connectivity index (χ2n) is 33.8. The molecule has 3 N–H and O–H groups in total. The standard InChI is InChI=1S/C92H180O17P2/c1-7-10-12-14-16-18-20-22-24-26-28-33-37-41-45-49-56-62-68-74-89(94)102-80-87(108-91(96)76-70-65-59-51-47-43-39-35-31-30-32-36-40-44-48-55-61-67-73-85(6)9-3)82-106-110(98,99)104-78-86(93)79-105-111(100,101)107-83-88(81-103-90(95)75-69-63-57-53-52-54-60-66-72-84(4)5)109-92(97)77-71-64-58-50-46-42-38-34-29-27-25-23-21-19-17-15-13-11-8-2/h84-88,93H,7-83H2,1-6H3,(H,98,99)(H,100,101)/t85?,86-,87-,88-/m1/s1. The number of carbonyl (C=O) groups excluding carboxylic acids is 4. The number of ether oxygens (including phenoxy) is 4. The van der Waals surface area contributed by atoms with Gasteiger partial charge in [0.15, 0.2) is 12.2 Å². The van der Waals surface area contributed by atoms with Gasteiger partial charge in [-0.15, -0.1) is 0 Å². The minimum absolute atomic E-state index is 0.109. The van der Waals surface area contributed by atoms with Crippen LogP contribution in [0.25, 0.3) is 0 Å². The number of unbranched alkanes of at least 4 members (excludes halogenated alkanes) is 60. The van der Waals surface area contributed by atoms with Crippen LogP contribution in [0.5, 0.6) is 0 Å². The average Bonchev–Trinajstić information content (AvgIpc) is 0.895. The molecule has 0 radical (unpaired) electrons. The zero-order chi connectivity index (χ0) is 81.3. The Morgan fingerprint density at radius 1 is 0.261 bits per heavy atom. The molecule has 0 bridgehead atoms. The van der Waals surface area contributed by atoms with Crippen molar-refractivity contribution in [3.05, 3.63) is 0 Å². The van der Waals surface area contributed by atoms with Gasteiger partial charge in [0.1, 0.15) is 19.3 Å². The maximum atomic E-state index is 13.2. The predicted octanol–water partition coefficient (Wildman–Crippen LogP) is 28.6. The van der Waals surface area contributed by atoms with Crippen LogP contribution in [0.2, 0.25) is 0 Å². The van der Waals surface area contributed by atoms with Gasteiger partial charge in [0.2, 0.25) is 0 Å². The average molecular weight is 1620 g/mol. The molecule has 0 saturated heterocycles. The molecule has 111 heavy (non-hydrogen) atoms. The molecular weight excluding hydrogens is 1440 g/mol. The molecule has 0 aliphatic carbocycles. The summed E-state index contributed by atoms with van der Waals surface area (Å²) in [7, 11) is -9.94. The maximum Gasteiger partial charge on any atom is 0.472 e. The van der Waals surface area contributed by atoms with E-state index in [1.165, 1.54) is 315 Å². The Hall–Kier alpha value is -1.94. The molecule has 0 aromatic carbocycles. The molecule has 19 heteroatoms. The van der Waals surface area contributed by atoms with Crippen LogP contribution in [0.15, 0.2) is 0 Å². The number of hydrogen-bond acceptors (Lipinski definition) is 15. The number of hydrogen-bond donors (Lipinski definition) is 3. The van der Waals surface area contributed by atoms with E-state index in [4.69, 9.17) is 37.0 Å². The van der Waals surface area contributed by atoms with Crippen LogP contribution in [0.3, 0.4) is 0 Å². The topological polar surface area (TPSA) is 237 Å². The van der Waals surface area contributed by atoms with Gasteiger partial charge in [-0.2, -0.15) is 0 Å². The maximum absolute atomic E-state index is 13.2. The van der Waals surface area contributed by atoms with Gasteiger partial charge in [0.05, 0.1) is 26.4 Å². The number of esters is 4. The number of rotatable bonds is 91. The van der Waals surface area contributed by atoms with Gasteiger partial charge in [-0.3, -0.25) is 37.3 Å². The van der Waals surface area contributed by atoms with Crippen molar-refractivity contribution in [3.63, 3.8) is 0 Å². The lowest BCUT2D eigenvalue weighted by atomic mass is 9.99. The van der Waals surface area contributed by atoms with E-state index in [1.807, 2.05) is 0 Å². The second-order valence-corrected chi connectivity index (χ2v) is 36.7. The van der Waals surface area contributed by atoms with Crippen LogP contribution >= 0.6 is 15.6 Å². The van der Waals surface area contributed by atoms with Crippen LogP contribution in [0, 0.1) is 11.8 Å². The molecule has 0 aliphatic rings. The quantitative estimate of drug-likeness (QED) is 0.0222. The molecule has 660 valence electrons. The summed E-state index contributed by atoms with van der Waals surface area (Å²) in [5.41, 5.74) is 0. The lowest BCUT2D eigenvalue weighted by Crippen LogP contribution is -2.30. The van der Waals surface area contributed by atoms with Crippen molar-refractivity contribution in [2.75, 3.05) is 39.6 Å². The van der Waals surface area contributed by atoms with Crippen LogP contribution < -0.4 is 0 Å². The first kappa shape index (κ1) is 109. The first-order valence-corrected chi connectivity index (χ1v) is 50.5. The van der Waals surface area contributed by atoms with Gasteiger partial charge in [-0.05, 0) is 37.5 Å². The monoisotopic (exact) mass is 1620 g/mol. The summed E-state index contributed by atoms with van der Waals surface area (Å²) in [4.78, 5) is 73.4. The molecule has 0 spiro atoms. The van der Waals surface area contributed by atoms with E-state index in [9.17, 15) is 43.2 Å². The zero-order valence-electron chi connectivity index (χ0n) is 73.3. The minimum Gasteiger partial charge on any atom is -0.462 e. The highest BCUT2D eigenvalue weighted by Crippen LogP contribution is 2.45. The molecule has 0 fully saturated rings. The Morgan fingerprint density at radius 3 is 0.685 bits per heavy atom. The third kappa shape index (κ3) is 84.3. The first-order valence-electron chi connectivity index (χ1n) is 47.5. The van der Waals surface area contributed by atoms with E-state index in [1.54, 1.807) is 0 Å². The third-order valence-corrected chi connectivity index (χ3v) is 24.0. The van der Waals surface area contributed by atoms with Gasteiger partial charge >= 0.3 is 39.5 Å². The molecular formula is C92H180O17P2. The summed E-state index contributed by atoms with van der Waals surface area (Å²) in [5, 5.41) is 10.7. The summed E-state index contributed by atoms with van der Waals surface area (Å²) < 4.78 is 69.1. The predicted molar refractivity (Wildman–Crippen MR) is 460 cm³/mol. The van der Waals surface area contributed by atoms with Crippen LogP contribution in [0.4, 0.5) is 0 Å². The summed E-state index contributed by atoms with van der Waals surface area (Å²) in [6.07, 6.45) is 77.9. The normalized spacial score (nSPS) is 14.0. The summed E-state index contributed by atoms with van der Waals surface area (Å²) >= 11 is 0. The fourth-order valence-corrected chi connectivity index (χ4v) is 16.0. The Kier molecular flexibility index (Phi) is 81.7. The van der Waals surface area contributed by atoms with Crippen LogP contribution in [0.1, 0.15) is 497 Å². The van der Waals surface area contributed by atoms with Crippen LogP contribution in [-0.2, 0) is 65.4 Å². The Labute approximate surface area is 683 Å². The Balaban J connectivity index is 5.23. The number of carbonyl (C=O) groups is 4. The number of aliphatic hydroxyl groups is 1. The van der Waals surface area contributed by atoms with Crippen molar-refractivity contribution in [2.24, 2.45) is 11.8 Å². The fourth-order valence-electron chi connectivity index (χ4n) is 14.4.